The fourth-order valence-corrected chi connectivity index (χ4v) is 3.14. The number of hydrogen-bond acceptors (Lipinski definition) is 2. The smallest absolute Gasteiger partial charge is 0.0511 e. The maximum Gasteiger partial charge on any atom is 0.0511 e. The molecule has 0 aliphatic rings. The fourth-order valence-electron chi connectivity index (χ4n) is 2.46. The lowest BCUT2D eigenvalue weighted by molar-refractivity contribution is 0.552. The minimum atomic E-state index is 0.204. The van der Waals surface area contributed by atoms with Gasteiger partial charge in [0, 0.05) is 23.6 Å². The van der Waals surface area contributed by atoms with E-state index in [1.807, 2.05) is 6.92 Å². The van der Waals surface area contributed by atoms with Crippen molar-refractivity contribution in [3.8, 4) is 0 Å². The van der Waals surface area contributed by atoms with Crippen LogP contribution in [-0.2, 0) is 6.42 Å². The Morgan fingerprint density at radius 3 is 2.00 bits per heavy atom. The molecular weight excluding hydrogens is 312 g/mol. The first-order valence-electron chi connectivity index (χ1n) is 7.58. The summed E-state index contributed by atoms with van der Waals surface area (Å²) in [5, 5.41) is 0. The molecule has 1 aromatic rings. The van der Waals surface area contributed by atoms with Crippen molar-refractivity contribution in [3.05, 3.63) is 28.2 Å². The van der Waals surface area contributed by atoms with Gasteiger partial charge in [-0.2, -0.15) is 0 Å². The number of rotatable bonds is 7. The minimum Gasteiger partial charge on any atom is -0.370 e. The standard InChI is InChI=1S/C17H29BrN2/c1-12(2)10-20(11-13(3)4)17-7-6-15(8-14(5)19)9-16(17)18/h6-7,9,12-14H,8,10-11,19H2,1-5H3. The first-order chi connectivity index (χ1) is 9.29. The third kappa shape index (κ3) is 5.84. The summed E-state index contributed by atoms with van der Waals surface area (Å²) in [4.78, 5) is 2.48. The van der Waals surface area contributed by atoms with Gasteiger partial charge in [0.15, 0.2) is 0 Å². The van der Waals surface area contributed by atoms with Crippen molar-refractivity contribution in [2.24, 2.45) is 17.6 Å². The molecule has 1 unspecified atom stereocenters. The van der Waals surface area contributed by atoms with Crippen molar-refractivity contribution in [2.75, 3.05) is 18.0 Å². The van der Waals surface area contributed by atoms with Crippen LogP contribution in [0.1, 0.15) is 40.2 Å². The van der Waals surface area contributed by atoms with Gasteiger partial charge in [-0.05, 0) is 58.8 Å². The molecule has 2 nitrogen and oxygen atoms in total. The molecule has 114 valence electrons. The number of halogens is 1. The average Bonchev–Trinajstić information content (AvgIpc) is 2.25. The van der Waals surface area contributed by atoms with Crippen LogP contribution < -0.4 is 10.6 Å². The lowest BCUT2D eigenvalue weighted by Gasteiger charge is -2.29. The number of nitrogens with two attached hydrogens (primary N) is 1. The third-order valence-electron chi connectivity index (χ3n) is 3.08. The Morgan fingerprint density at radius 2 is 1.60 bits per heavy atom. The van der Waals surface area contributed by atoms with Gasteiger partial charge in [-0.15, -0.1) is 0 Å². The molecule has 0 aromatic heterocycles. The first-order valence-corrected chi connectivity index (χ1v) is 8.37. The summed E-state index contributed by atoms with van der Waals surface area (Å²) in [6.45, 7) is 13.3. The monoisotopic (exact) mass is 340 g/mol. The van der Waals surface area contributed by atoms with Crippen LogP contribution in [0.4, 0.5) is 5.69 Å². The van der Waals surface area contributed by atoms with Crippen LogP contribution in [0.3, 0.4) is 0 Å². The molecule has 0 radical (unpaired) electrons. The number of hydrogen-bond donors (Lipinski definition) is 1. The molecule has 1 atom stereocenters. The van der Waals surface area contributed by atoms with Crippen LogP contribution in [-0.4, -0.2) is 19.1 Å². The Balaban J connectivity index is 2.95. The second-order valence-electron chi connectivity index (χ2n) is 6.66. The van der Waals surface area contributed by atoms with Crippen molar-refractivity contribution < 1.29 is 0 Å². The van der Waals surface area contributed by atoms with Crippen molar-refractivity contribution in [2.45, 2.75) is 47.1 Å². The van der Waals surface area contributed by atoms with Crippen molar-refractivity contribution >= 4 is 21.6 Å². The molecule has 0 bridgehead atoms. The molecule has 1 rings (SSSR count). The van der Waals surface area contributed by atoms with Crippen LogP contribution in [0.15, 0.2) is 22.7 Å². The highest BCUT2D eigenvalue weighted by Crippen LogP contribution is 2.29. The van der Waals surface area contributed by atoms with Gasteiger partial charge >= 0.3 is 0 Å². The molecule has 2 N–H and O–H groups in total. The molecule has 0 aliphatic carbocycles. The second-order valence-corrected chi connectivity index (χ2v) is 7.51. The highest BCUT2D eigenvalue weighted by atomic mass is 79.9. The number of benzene rings is 1. The highest BCUT2D eigenvalue weighted by molar-refractivity contribution is 9.10. The molecule has 20 heavy (non-hydrogen) atoms. The van der Waals surface area contributed by atoms with Crippen molar-refractivity contribution in [1.29, 1.82) is 0 Å². The Bertz CT molecular complexity index is 403. The Hall–Kier alpha value is -0.540. The predicted octanol–water partition coefficient (Wildman–Crippen LogP) is 4.46. The summed E-state index contributed by atoms with van der Waals surface area (Å²) < 4.78 is 1.18. The van der Waals surface area contributed by atoms with Gasteiger partial charge in [0.2, 0.25) is 0 Å². The second kappa shape index (κ2) is 8.04. The van der Waals surface area contributed by atoms with Crippen LogP contribution >= 0.6 is 15.9 Å². The normalized spacial score (nSPS) is 13.1. The van der Waals surface area contributed by atoms with E-state index >= 15 is 0 Å². The maximum atomic E-state index is 5.88. The van der Waals surface area contributed by atoms with E-state index in [1.165, 1.54) is 15.7 Å². The van der Waals surface area contributed by atoms with Crippen LogP contribution in [0, 0.1) is 11.8 Å². The van der Waals surface area contributed by atoms with Gasteiger partial charge in [-0.25, -0.2) is 0 Å². The molecule has 3 heteroatoms. The summed E-state index contributed by atoms with van der Waals surface area (Å²) in [5.41, 5.74) is 8.47. The molecular formula is C17H29BrN2. The van der Waals surface area contributed by atoms with Crippen molar-refractivity contribution in [3.63, 3.8) is 0 Å². The molecule has 0 aliphatic heterocycles. The number of anilines is 1. The molecule has 0 saturated carbocycles. The van der Waals surface area contributed by atoms with Gasteiger partial charge < -0.3 is 10.6 Å². The average molecular weight is 341 g/mol. The van der Waals surface area contributed by atoms with Crippen molar-refractivity contribution in [1.82, 2.24) is 0 Å². The maximum absolute atomic E-state index is 5.88. The topological polar surface area (TPSA) is 29.3 Å². The van der Waals surface area contributed by atoms with E-state index in [2.05, 4.69) is 66.7 Å². The van der Waals surface area contributed by atoms with E-state index in [1.54, 1.807) is 0 Å². The summed E-state index contributed by atoms with van der Waals surface area (Å²) in [6.07, 6.45) is 0.924. The Kier molecular flexibility index (Phi) is 7.04. The zero-order chi connectivity index (χ0) is 15.3. The van der Waals surface area contributed by atoms with Gasteiger partial charge in [0.1, 0.15) is 0 Å². The molecule has 0 fully saturated rings. The zero-order valence-corrected chi connectivity index (χ0v) is 15.1. The summed E-state index contributed by atoms with van der Waals surface area (Å²) in [5.74, 6) is 1.31. The van der Waals surface area contributed by atoms with E-state index < -0.39 is 0 Å². The third-order valence-corrected chi connectivity index (χ3v) is 3.72. The summed E-state index contributed by atoms with van der Waals surface area (Å²) >= 11 is 3.74. The van der Waals surface area contributed by atoms with Crippen LogP contribution in [0.2, 0.25) is 0 Å². The fraction of sp³-hybridized carbons (Fsp3) is 0.647. The molecule has 1 aromatic carbocycles. The highest BCUT2D eigenvalue weighted by Gasteiger charge is 2.14. The Labute approximate surface area is 132 Å². The zero-order valence-electron chi connectivity index (χ0n) is 13.5. The van der Waals surface area contributed by atoms with E-state index in [0.29, 0.717) is 11.8 Å². The SMILES string of the molecule is CC(C)CN(CC(C)C)c1ccc(CC(C)N)cc1Br. The van der Waals surface area contributed by atoms with Gasteiger partial charge in [-0.3, -0.25) is 0 Å². The van der Waals surface area contributed by atoms with E-state index in [9.17, 15) is 0 Å². The largest absolute Gasteiger partial charge is 0.370 e. The summed E-state index contributed by atoms with van der Waals surface area (Å²) in [6, 6.07) is 6.85. The van der Waals surface area contributed by atoms with Crippen LogP contribution in [0.5, 0.6) is 0 Å². The lowest BCUT2D eigenvalue weighted by Crippen LogP contribution is -2.31. The van der Waals surface area contributed by atoms with Gasteiger partial charge in [-0.1, -0.05) is 33.8 Å². The minimum absolute atomic E-state index is 0.204. The predicted molar refractivity (Wildman–Crippen MR) is 93.4 cm³/mol. The molecule has 0 heterocycles. The van der Waals surface area contributed by atoms with E-state index in [0.717, 1.165) is 19.5 Å². The lowest BCUT2D eigenvalue weighted by atomic mass is 10.1. The Morgan fingerprint density at radius 1 is 1.05 bits per heavy atom. The molecule has 0 amide bonds. The van der Waals surface area contributed by atoms with E-state index in [-0.39, 0.29) is 6.04 Å². The first kappa shape index (κ1) is 17.5. The van der Waals surface area contributed by atoms with Crippen LogP contribution in [0.25, 0.3) is 0 Å². The quantitative estimate of drug-likeness (QED) is 0.793. The molecule has 0 spiro atoms. The molecule has 0 saturated heterocycles. The van der Waals surface area contributed by atoms with Gasteiger partial charge in [0.05, 0.1) is 5.69 Å². The summed E-state index contributed by atoms with van der Waals surface area (Å²) in [7, 11) is 0. The van der Waals surface area contributed by atoms with E-state index in [4.69, 9.17) is 5.73 Å². The van der Waals surface area contributed by atoms with Gasteiger partial charge in [0.25, 0.3) is 0 Å². The number of nitrogens with zero attached hydrogens (tertiary/aromatic N) is 1.